The highest BCUT2D eigenvalue weighted by molar-refractivity contribution is 6.37. The second-order valence-electron chi connectivity index (χ2n) is 8.91. The summed E-state index contributed by atoms with van der Waals surface area (Å²) >= 11 is 0. The molecular formula is C26H33N3O3. The first-order chi connectivity index (χ1) is 15.4. The van der Waals surface area contributed by atoms with Crippen molar-refractivity contribution in [3.8, 4) is 0 Å². The zero-order valence-corrected chi connectivity index (χ0v) is 19.0. The molecule has 32 heavy (non-hydrogen) atoms. The van der Waals surface area contributed by atoms with E-state index in [-0.39, 0.29) is 30.7 Å². The van der Waals surface area contributed by atoms with Crippen molar-refractivity contribution in [3.63, 3.8) is 0 Å². The molecule has 1 saturated heterocycles. The van der Waals surface area contributed by atoms with Gasteiger partial charge in [0.25, 0.3) is 0 Å². The van der Waals surface area contributed by atoms with Crippen molar-refractivity contribution >= 4 is 17.7 Å². The highest BCUT2D eigenvalue weighted by Gasteiger charge is 2.34. The van der Waals surface area contributed by atoms with E-state index in [1.54, 1.807) is 4.90 Å². The third-order valence-electron chi connectivity index (χ3n) is 5.83. The van der Waals surface area contributed by atoms with Gasteiger partial charge in [0.15, 0.2) is 0 Å². The van der Waals surface area contributed by atoms with Gasteiger partial charge in [0.05, 0.1) is 0 Å². The van der Waals surface area contributed by atoms with Gasteiger partial charge < -0.3 is 10.6 Å². The average molecular weight is 436 g/mol. The standard InChI is InChI=1S/C26H33N3O3/c1-19(2)17-28(18-21-9-6-8-20(14-21)16-27)25(31)26(32)29-13-7-12-23(15-24(29)30)22-10-4-3-5-11-22/h3-6,8-11,14,19,23H,7,12-13,15-18,27H2,1-2H3. The minimum atomic E-state index is -0.723. The van der Waals surface area contributed by atoms with E-state index in [0.717, 1.165) is 28.0 Å². The summed E-state index contributed by atoms with van der Waals surface area (Å²) in [6.07, 6.45) is 1.74. The van der Waals surface area contributed by atoms with Crippen LogP contribution >= 0.6 is 0 Å². The van der Waals surface area contributed by atoms with Crippen molar-refractivity contribution in [2.75, 3.05) is 13.1 Å². The minimum Gasteiger partial charge on any atom is -0.330 e. The molecule has 1 fully saturated rings. The Balaban J connectivity index is 1.74. The quantitative estimate of drug-likeness (QED) is 0.705. The number of rotatable bonds is 6. The number of imide groups is 1. The van der Waals surface area contributed by atoms with Crippen LogP contribution in [0.2, 0.25) is 0 Å². The first-order valence-corrected chi connectivity index (χ1v) is 11.4. The lowest BCUT2D eigenvalue weighted by Gasteiger charge is -2.27. The lowest BCUT2D eigenvalue weighted by molar-refractivity contribution is -0.157. The van der Waals surface area contributed by atoms with Crippen molar-refractivity contribution in [1.82, 2.24) is 9.80 Å². The Morgan fingerprint density at radius 3 is 2.50 bits per heavy atom. The zero-order valence-electron chi connectivity index (χ0n) is 19.0. The number of carbonyl (C=O) groups excluding carboxylic acids is 3. The molecule has 1 aliphatic rings. The lowest BCUT2D eigenvalue weighted by atomic mass is 9.92. The van der Waals surface area contributed by atoms with E-state index in [4.69, 9.17) is 5.73 Å². The summed E-state index contributed by atoms with van der Waals surface area (Å²) in [4.78, 5) is 42.0. The molecule has 1 unspecified atom stereocenters. The molecule has 1 heterocycles. The SMILES string of the molecule is CC(C)CN(Cc1cccc(CN)c1)C(=O)C(=O)N1CCCC(c2ccccc2)CC1=O. The summed E-state index contributed by atoms with van der Waals surface area (Å²) < 4.78 is 0. The van der Waals surface area contributed by atoms with Crippen LogP contribution in [0.4, 0.5) is 0 Å². The fourth-order valence-corrected chi connectivity index (χ4v) is 4.25. The molecule has 2 aromatic carbocycles. The van der Waals surface area contributed by atoms with Crippen molar-refractivity contribution in [1.29, 1.82) is 0 Å². The third-order valence-corrected chi connectivity index (χ3v) is 5.83. The molecule has 0 saturated carbocycles. The molecule has 0 aromatic heterocycles. The van der Waals surface area contributed by atoms with E-state index in [1.165, 1.54) is 0 Å². The molecule has 6 heteroatoms. The Morgan fingerprint density at radius 1 is 1.09 bits per heavy atom. The maximum absolute atomic E-state index is 13.2. The van der Waals surface area contributed by atoms with Gasteiger partial charge in [-0.05, 0) is 41.4 Å². The number of nitrogens with zero attached hydrogens (tertiary/aromatic N) is 2. The van der Waals surface area contributed by atoms with Crippen LogP contribution < -0.4 is 5.73 Å². The summed E-state index contributed by atoms with van der Waals surface area (Å²) in [7, 11) is 0. The van der Waals surface area contributed by atoms with Crippen LogP contribution in [0.1, 0.15) is 55.7 Å². The van der Waals surface area contributed by atoms with Crippen LogP contribution in [-0.2, 0) is 27.5 Å². The van der Waals surface area contributed by atoms with E-state index in [9.17, 15) is 14.4 Å². The Kier molecular flexibility index (Phi) is 8.17. The molecule has 6 nitrogen and oxygen atoms in total. The Morgan fingerprint density at radius 2 is 1.81 bits per heavy atom. The normalized spacial score (nSPS) is 16.7. The maximum atomic E-state index is 13.2. The van der Waals surface area contributed by atoms with Gasteiger partial charge in [-0.1, -0.05) is 68.4 Å². The Labute approximate surface area is 190 Å². The molecule has 0 radical (unpaired) electrons. The Bertz CT molecular complexity index is 942. The van der Waals surface area contributed by atoms with E-state index in [2.05, 4.69) is 0 Å². The topological polar surface area (TPSA) is 83.7 Å². The zero-order chi connectivity index (χ0) is 23.1. The van der Waals surface area contributed by atoms with Crippen molar-refractivity contribution in [3.05, 3.63) is 71.3 Å². The monoisotopic (exact) mass is 435 g/mol. The van der Waals surface area contributed by atoms with E-state index >= 15 is 0 Å². The van der Waals surface area contributed by atoms with Crippen molar-refractivity contribution in [2.24, 2.45) is 11.7 Å². The van der Waals surface area contributed by atoms with Gasteiger partial charge in [-0.25, -0.2) is 0 Å². The highest BCUT2D eigenvalue weighted by Crippen LogP contribution is 2.28. The first kappa shape index (κ1) is 23.7. The van der Waals surface area contributed by atoms with Crippen molar-refractivity contribution < 1.29 is 14.4 Å². The van der Waals surface area contributed by atoms with Gasteiger partial charge in [0.2, 0.25) is 5.91 Å². The minimum absolute atomic E-state index is 0.0716. The molecule has 0 spiro atoms. The number of nitrogens with two attached hydrogens (primary N) is 1. The van der Waals surface area contributed by atoms with Gasteiger partial charge in [-0.3, -0.25) is 19.3 Å². The smallest absolute Gasteiger partial charge is 0.318 e. The molecule has 3 rings (SSSR count). The Hall–Kier alpha value is -2.99. The number of carbonyl (C=O) groups is 3. The van der Waals surface area contributed by atoms with Crippen molar-refractivity contribution in [2.45, 2.75) is 52.1 Å². The maximum Gasteiger partial charge on any atom is 0.318 e. The van der Waals surface area contributed by atoms with E-state index in [0.29, 0.717) is 26.1 Å². The number of hydrogen-bond donors (Lipinski definition) is 1. The third kappa shape index (κ3) is 6.04. The summed E-state index contributed by atoms with van der Waals surface area (Å²) in [6, 6.07) is 17.6. The van der Waals surface area contributed by atoms with Crippen LogP contribution in [0.5, 0.6) is 0 Å². The van der Waals surface area contributed by atoms with E-state index < -0.39 is 11.8 Å². The summed E-state index contributed by atoms with van der Waals surface area (Å²) in [5, 5.41) is 0. The molecular weight excluding hydrogens is 402 g/mol. The van der Waals surface area contributed by atoms with Crippen LogP contribution in [0, 0.1) is 5.92 Å². The highest BCUT2D eigenvalue weighted by atomic mass is 16.2. The number of amides is 3. The fourth-order valence-electron chi connectivity index (χ4n) is 4.25. The molecule has 3 amide bonds. The van der Waals surface area contributed by atoms with Gasteiger partial charge in [0, 0.05) is 32.6 Å². The average Bonchev–Trinajstić information content (AvgIpc) is 2.99. The molecule has 0 aliphatic carbocycles. The molecule has 0 bridgehead atoms. The van der Waals surface area contributed by atoms with Crippen LogP contribution in [0.15, 0.2) is 54.6 Å². The second kappa shape index (κ2) is 11.0. The van der Waals surface area contributed by atoms with Gasteiger partial charge in [-0.2, -0.15) is 0 Å². The first-order valence-electron chi connectivity index (χ1n) is 11.4. The van der Waals surface area contributed by atoms with Crippen LogP contribution in [0.3, 0.4) is 0 Å². The number of hydrogen-bond acceptors (Lipinski definition) is 4. The molecule has 1 aliphatic heterocycles. The summed E-state index contributed by atoms with van der Waals surface area (Å²) in [5.74, 6) is -1.36. The summed E-state index contributed by atoms with van der Waals surface area (Å²) in [6.45, 7) is 5.45. The molecule has 2 N–H and O–H groups in total. The second-order valence-corrected chi connectivity index (χ2v) is 8.91. The number of likely N-dealkylation sites (tertiary alicyclic amines) is 1. The van der Waals surface area contributed by atoms with E-state index in [1.807, 2.05) is 68.4 Å². The largest absolute Gasteiger partial charge is 0.330 e. The fraction of sp³-hybridized carbons (Fsp3) is 0.423. The molecule has 1 atom stereocenters. The predicted molar refractivity (Wildman–Crippen MR) is 124 cm³/mol. The number of benzene rings is 2. The van der Waals surface area contributed by atoms with Gasteiger partial charge >= 0.3 is 11.8 Å². The predicted octanol–water partition coefficient (Wildman–Crippen LogP) is 3.45. The molecule has 2 aromatic rings. The molecule has 170 valence electrons. The van der Waals surface area contributed by atoms with Crippen LogP contribution in [-0.4, -0.2) is 40.6 Å². The van der Waals surface area contributed by atoms with Gasteiger partial charge in [0.1, 0.15) is 0 Å². The lowest BCUT2D eigenvalue weighted by Crippen LogP contribution is -2.48. The van der Waals surface area contributed by atoms with Gasteiger partial charge in [-0.15, -0.1) is 0 Å². The summed E-state index contributed by atoms with van der Waals surface area (Å²) in [5.41, 5.74) is 8.73. The van der Waals surface area contributed by atoms with Crippen LogP contribution in [0.25, 0.3) is 0 Å².